The Morgan fingerprint density at radius 2 is 1.67 bits per heavy atom. The number of methoxy groups -OCH3 is 2. The average molecular weight is 566 g/mol. The van der Waals surface area contributed by atoms with Crippen molar-refractivity contribution in [1.29, 1.82) is 5.41 Å². The van der Waals surface area contributed by atoms with Gasteiger partial charge in [0, 0.05) is 59.6 Å². The number of aryl methyl sites for hydroxylation is 1. The van der Waals surface area contributed by atoms with Crippen LogP contribution >= 0.6 is 0 Å². The van der Waals surface area contributed by atoms with Gasteiger partial charge in [-0.25, -0.2) is 0 Å². The molecule has 218 valence electrons. The summed E-state index contributed by atoms with van der Waals surface area (Å²) in [5.74, 6) is 0.662. The molecule has 2 N–H and O–H groups in total. The van der Waals surface area contributed by atoms with Gasteiger partial charge in [0.1, 0.15) is 23.1 Å². The molecule has 5 rings (SSSR count). The molecule has 0 aromatic heterocycles. The number of allylic oxidation sites excluding steroid dienone is 2. The molecule has 0 fully saturated rings. The maximum absolute atomic E-state index is 13.9. The number of hydrogen-bond acceptors (Lipinski definition) is 6. The van der Waals surface area contributed by atoms with E-state index in [0.29, 0.717) is 53.2 Å². The van der Waals surface area contributed by atoms with Crippen LogP contribution in [0.15, 0.2) is 83.6 Å². The molecular formula is C35H39N3O4. The molecule has 42 heavy (non-hydrogen) atoms. The zero-order valence-electron chi connectivity index (χ0n) is 25.0. The quantitative estimate of drug-likeness (QED) is 0.277. The standard InChI is InChI=1S/C35H39N3O4/c1-6-37(7-2)25-17-15-23(16-18-25)31-32-27(9-8-10-29(32)39)38(28-21-26(41-4)19-20-30(28)42-5)35(36)33(31)34(40)24-13-11-22(3)12-14-24/h11-21,31,36,40H,6-10H2,1-5H3/b34-33+,36-35?. The van der Waals surface area contributed by atoms with Crippen LogP contribution in [0.4, 0.5) is 11.4 Å². The number of nitrogens with zero attached hydrogens (tertiary/aromatic N) is 2. The zero-order valence-corrected chi connectivity index (χ0v) is 25.0. The van der Waals surface area contributed by atoms with E-state index in [1.165, 1.54) is 0 Å². The van der Waals surface area contributed by atoms with Gasteiger partial charge in [-0.3, -0.25) is 15.1 Å². The van der Waals surface area contributed by atoms with Crippen LogP contribution < -0.4 is 19.3 Å². The number of carbonyl (C=O) groups is 1. The molecule has 0 saturated heterocycles. The molecule has 3 aromatic rings. The van der Waals surface area contributed by atoms with E-state index in [-0.39, 0.29) is 17.4 Å². The second-order valence-electron chi connectivity index (χ2n) is 10.7. The molecule has 0 bridgehead atoms. The van der Waals surface area contributed by atoms with Crippen molar-refractivity contribution in [3.8, 4) is 11.5 Å². The number of benzene rings is 3. The number of carbonyl (C=O) groups excluding carboxylic acids is 1. The van der Waals surface area contributed by atoms with Gasteiger partial charge in [0.05, 0.1) is 19.9 Å². The first kappa shape index (κ1) is 29.0. The number of aliphatic hydroxyl groups is 1. The molecule has 0 saturated carbocycles. The topological polar surface area (TPSA) is 86.1 Å². The highest BCUT2D eigenvalue weighted by Gasteiger charge is 2.44. The fraction of sp³-hybridized carbons (Fsp3) is 0.314. The summed E-state index contributed by atoms with van der Waals surface area (Å²) < 4.78 is 11.3. The number of aliphatic hydroxyl groups excluding tert-OH is 1. The van der Waals surface area contributed by atoms with E-state index in [4.69, 9.17) is 9.47 Å². The summed E-state index contributed by atoms with van der Waals surface area (Å²) in [5, 5.41) is 21.6. The van der Waals surface area contributed by atoms with Crippen LogP contribution in [0, 0.1) is 12.3 Å². The van der Waals surface area contributed by atoms with Gasteiger partial charge in [0.25, 0.3) is 0 Å². The molecule has 7 heteroatoms. The minimum atomic E-state index is -0.597. The van der Waals surface area contributed by atoms with Crippen LogP contribution in [0.3, 0.4) is 0 Å². The van der Waals surface area contributed by atoms with E-state index in [2.05, 4.69) is 30.9 Å². The molecule has 1 atom stereocenters. The van der Waals surface area contributed by atoms with Gasteiger partial charge in [0.2, 0.25) is 0 Å². The zero-order chi connectivity index (χ0) is 30.0. The molecule has 7 nitrogen and oxygen atoms in total. The average Bonchev–Trinajstić information content (AvgIpc) is 3.01. The number of rotatable bonds is 8. The van der Waals surface area contributed by atoms with Crippen molar-refractivity contribution in [2.75, 3.05) is 37.1 Å². The molecule has 3 aromatic carbocycles. The highest BCUT2D eigenvalue weighted by atomic mass is 16.5. The van der Waals surface area contributed by atoms with Crippen molar-refractivity contribution in [2.24, 2.45) is 0 Å². The minimum Gasteiger partial charge on any atom is -0.507 e. The van der Waals surface area contributed by atoms with Gasteiger partial charge in [-0.2, -0.15) is 0 Å². The summed E-state index contributed by atoms with van der Waals surface area (Å²) in [4.78, 5) is 17.9. The van der Waals surface area contributed by atoms with E-state index in [0.717, 1.165) is 35.6 Å². The first-order chi connectivity index (χ1) is 20.3. The Kier molecular flexibility index (Phi) is 8.39. The Morgan fingerprint density at radius 3 is 2.29 bits per heavy atom. The van der Waals surface area contributed by atoms with Crippen LogP contribution in [0.1, 0.15) is 55.7 Å². The lowest BCUT2D eigenvalue weighted by Crippen LogP contribution is -2.42. The van der Waals surface area contributed by atoms with Crippen molar-refractivity contribution in [2.45, 2.75) is 46.0 Å². The van der Waals surface area contributed by atoms with E-state index in [1.54, 1.807) is 31.3 Å². The number of Topliss-reactive ketones (excluding diaryl/α,β-unsaturated/α-hetero) is 1. The molecule has 2 aliphatic rings. The second kappa shape index (κ2) is 12.1. The van der Waals surface area contributed by atoms with Crippen LogP contribution in [-0.2, 0) is 4.79 Å². The van der Waals surface area contributed by atoms with Crippen LogP contribution in [-0.4, -0.2) is 44.0 Å². The summed E-state index contributed by atoms with van der Waals surface area (Å²) in [5.41, 5.74) is 5.97. The van der Waals surface area contributed by atoms with Crippen molar-refractivity contribution >= 4 is 28.8 Å². The van der Waals surface area contributed by atoms with Gasteiger partial charge in [0.15, 0.2) is 5.78 Å². The summed E-state index contributed by atoms with van der Waals surface area (Å²) in [6.45, 7) is 8.01. The number of hydrogen-bond donors (Lipinski definition) is 2. The van der Waals surface area contributed by atoms with Gasteiger partial charge < -0.3 is 19.5 Å². The summed E-state index contributed by atoms with van der Waals surface area (Å²) in [7, 11) is 3.18. The third-order valence-corrected chi connectivity index (χ3v) is 8.32. The fourth-order valence-corrected chi connectivity index (χ4v) is 6.10. The molecule has 0 spiro atoms. The van der Waals surface area contributed by atoms with Gasteiger partial charge in [-0.1, -0.05) is 42.0 Å². The SMILES string of the molecule is CCN(CC)c1ccc(C2C3=C(CCCC3=O)N(c3cc(OC)ccc3OC)C(=N)/C2=C(/O)c2ccc(C)cc2)cc1. The van der Waals surface area contributed by atoms with Crippen molar-refractivity contribution in [3.63, 3.8) is 0 Å². The minimum absolute atomic E-state index is 0.0189. The number of ether oxygens (including phenoxy) is 2. The van der Waals surface area contributed by atoms with Crippen LogP contribution in [0.5, 0.6) is 11.5 Å². The lowest BCUT2D eigenvalue weighted by molar-refractivity contribution is -0.116. The van der Waals surface area contributed by atoms with Gasteiger partial charge in [-0.15, -0.1) is 0 Å². The molecule has 0 radical (unpaired) electrons. The van der Waals surface area contributed by atoms with Crippen molar-refractivity contribution in [1.82, 2.24) is 0 Å². The fourth-order valence-electron chi connectivity index (χ4n) is 6.10. The van der Waals surface area contributed by atoms with E-state index in [1.807, 2.05) is 49.4 Å². The predicted octanol–water partition coefficient (Wildman–Crippen LogP) is 7.42. The third kappa shape index (κ3) is 5.15. The molecule has 0 amide bonds. The van der Waals surface area contributed by atoms with E-state index in [9.17, 15) is 15.3 Å². The van der Waals surface area contributed by atoms with Gasteiger partial charge >= 0.3 is 0 Å². The lowest BCUT2D eigenvalue weighted by atomic mass is 9.73. The Morgan fingerprint density at radius 1 is 0.976 bits per heavy atom. The maximum Gasteiger partial charge on any atom is 0.161 e. The lowest BCUT2D eigenvalue weighted by Gasteiger charge is -2.42. The summed E-state index contributed by atoms with van der Waals surface area (Å²) >= 11 is 0. The molecule has 1 unspecified atom stereocenters. The Bertz CT molecular complexity index is 1550. The number of ketones is 1. The van der Waals surface area contributed by atoms with Crippen molar-refractivity contribution in [3.05, 3.63) is 100 Å². The largest absolute Gasteiger partial charge is 0.507 e. The highest BCUT2D eigenvalue weighted by molar-refractivity contribution is 6.20. The summed E-state index contributed by atoms with van der Waals surface area (Å²) in [6.07, 6.45) is 1.72. The first-order valence-corrected chi connectivity index (χ1v) is 14.5. The maximum atomic E-state index is 13.9. The number of anilines is 2. The van der Waals surface area contributed by atoms with Gasteiger partial charge in [-0.05, 0) is 63.4 Å². The second-order valence-corrected chi connectivity index (χ2v) is 10.7. The van der Waals surface area contributed by atoms with Crippen molar-refractivity contribution < 1.29 is 19.4 Å². The smallest absolute Gasteiger partial charge is 0.161 e. The summed E-state index contributed by atoms with van der Waals surface area (Å²) in [6, 6.07) is 21.2. The Hall–Kier alpha value is -4.52. The molecule has 1 heterocycles. The monoisotopic (exact) mass is 565 g/mol. The third-order valence-electron chi connectivity index (χ3n) is 8.32. The van der Waals surface area contributed by atoms with Crippen LogP contribution in [0.2, 0.25) is 0 Å². The number of amidine groups is 1. The number of nitrogens with one attached hydrogen (secondary N) is 1. The molecule has 1 aliphatic carbocycles. The molecular weight excluding hydrogens is 526 g/mol. The highest BCUT2D eigenvalue weighted by Crippen LogP contribution is 2.50. The van der Waals surface area contributed by atoms with E-state index < -0.39 is 5.92 Å². The predicted molar refractivity (Wildman–Crippen MR) is 169 cm³/mol. The van der Waals surface area contributed by atoms with Crippen LogP contribution in [0.25, 0.3) is 5.76 Å². The normalized spacial score (nSPS) is 18.1. The molecule has 1 aliphatic heterocycles. The Labute approximate surface area is 248 Å². The Balaban J connectivity index is 1.80. The first-order valence-electron chi connectivity index (χ1n) is 14.5. The van der Waals surface area contributed by atoms with E-state index >= 15 is 0 Å².